The van der Waals surface area contributed by atoms with Crippen molar-refractivity contribution in [2.24, 2.45) is 5.92 Å². The summed E-state index contributed by atoms with van der Waals surface area (Å²) in [4.78, 5) is 21.4. The van der Waals surface area contributed by atoms with E-state index < -0.39 is 0 Å². The number of nitrogens with zero attached hydrogens (tertiary/aromatic N) is 3. The number of hydrogen-bond donors (Lipinski definition) is 0. The molecular weight excluding hydrogens is 390 g/mol. The predicted octanol–water partition coefficient (Wildman–Crippen LogP) is 4.13. The number of rotatable bonds is 7. The Kier molecular flexibility index (Phi) is 7.20. The van der Waals surface area contributed by atoms with E-state index in [1.807, 2.05) is 23.1 Å². The second kappa shape index (κ2) is 9.83. The minimum atomic E-state index is -0.0559. The third kappa shape index (κ3) is 5.32. The molecule has 6 nitrogen and oxygen atoms in total. The Morgan fingerprint density at radius 1 is 1.21 bits per heavy atom. The molecule has 1 aromatic carbocycles. The highest BCUT2D eigenvalue weighted by molar-refractivity contribution is 6.32. The average Bonchev–Trinajstić information content (AvgIpc) is 2.74. The Balaban J connectivity index is 1.67. The number of ether oxygens (including phenoxy) is 2. The molecule has 29 heavy (non-hydrogen) atoms. The van der Waals surface area contributed by atoms with Crippen molar-refractivity contribution in [1.82, 2.24) is 9.88 Å². The first-order valence-electron chi connectivity index (χ1n) is 9.95. The molecule has 0 N–H and O–H groups in total. The number of carbonyl (C=O) groups is 1. The van der Waals surface area contributed by atoms with Crippen molar-refractivity contribution in [2.75, 3.05) is 44.8 Å². The van der Waals surface area contributed by atoms with Crippen molar-refractivity contribution in [3.05, 3.63) is 47.1 Å². The van der Waals surface area contributed by atoms with Gasteiger partial charge in [0.1, 0.15) is 5.82 Å². The van der Waals surface area contributed by atoms with E-state index in [2.05, 4.69) is 23.7 Å². The SMILES string of the molecule is COc1cc(C(=O)N2CCN(c3ccccn3)CC2)cc(Cl)c1OCCC(C)C. The third-order valence-corrected chi connectivity index (χ3v) is 5.24. The fraction of sp³-hybridized carbons (Fsp3) is 0.455. The zero-order chi connectivity index (χ0) is 20.8. The number of methoxy groups -OCH3 is 1. The van der Waals surface area contributed by atoms with Crippen LogP contribution in [-0.2, 0) is 0 Å². The summed E-state index contributed by atoms with van der Waals surface area (Å²) in [5.74, 6) is 2.39. The van der Waals surface area contributed by atoms with Crippen LogP contribution in [-0.4, -0.2) is 55.7 Å². The van der Waals surface area contributed by atoms with Crippen molar-refractivity contribution in [1.29, 1.82) is 0 Å². The molecule has 2 heterocycles. The van der Waals surface area contributed by atoms with E-state index in [1.54, 1.807) is 25.4 Å². The number of piperazine rings is 1. The van der Waals surface area contributed by atoms with Gasteiger partial charge in [-0.3, -0.25) is 4.79 Å². The number of carbonyl (C=O) groups excluding carboxylic acids is 1. The van der Waals surface area contributed by atoms with Crippen molar-refractivity contribution in [3.8, 4) is 11.5 Å². The van der Waals surface area contributed by atoms with Crippen LogP contribution in [0.5, 0.6) is 11.5 Å². The molecule has 1 fully saturated rings. The lowest BCUT2D eigenvalue weighted by Gasteiger charge is -2.35. The van der Waals surface area contributed by atoms with Gasteiger partial charge in [0, 0.05) is 37.9 Å². The number of amides is 1. The largest absolute Gasteiger partial charge is 0.493 e. The lowest BCUT2D eigenvalue weighted by Crippen LogP contribution is -2.49. The van der Waals surface area contributed by atoms with Gasteiger partial charge in [0.05, 0.1) is 18.7 Å². The van der Waals surface area contributed by atoms with Gasteiger partial charge in [0.25, 0.3) is 5.91 Å². The Morgan fingerprint density at radius 2 is 1.97 bits per heavy atom. The molecule has 2 aromatic rings. The summed E-state index contributed by atoms with van der Waals surface area (Å²) in [7, 11) is 1.56. The molecule has 1 aliphatic heterocycles. The number of pyridine rings is 1. The molecule has 0 bridgehead atoms. The topological polar surface area (TPSA) is 54.9 Å². The Labute approximate surface area is 177 Å². The lowest BCUT2D eigenvalue weighted by atomic mass is 10.1. The number of halogens is 1. The van der Waals surface area contributed by atoms with Crippen LogP contribution in [0.3, 0.4) is 0 Å². The summed E-state index contributed by atoms with van der Waals surface area (Å²) in [6, 6.07) is 9.24. The van der Waals surface area contributed by atoms with E-state index in [1.165, 1.54) is 0 Å². The Morgan fingerprint density at radius 3 is 2.59 bits per heavy atom. The smallest absolute Gasteiger partial charge is 0.254 e. The molecule has 3 rings (SSSR count). The van der Waals surface area contributed by atoms with Gasteiger partial charge >= 0.3 is 0 Å². The molecule has 0 saturated carbocycles. The normalized spacial score (nSPS) is 14.2. The molecule has 1 aliphatic rings. The quantitative estimate of drug-likeness (QED) is 0.677. The average molecular weight is 418 g/mol. The summed E-state index contributed by atoms with van der Waals surface area (Å²) in [5.41, 5.74) is 0.509. The minimum absolute atomic E-state index is 0.0559. The molecular formula is C22H28ClN3O3. The predicted molar refractivity (Wildman–Crippen MR) is 115 cm³/mol. The van der Waals surface area contributed by atoms with E-state index >= 15 is 0 Å². The van der Waals surface area contributed by atoms with Crippen molar-refractivity contribution < 1.29 is 14.3 Å². The summed E-state index contributed by atoms with van der Waals surface area (Å²) in [6.07, 6.45) is 2.70. The zero-order valence-electron chi connectivity index (χ0n) is 17.2. The Bertz CT molecular complexity index is 822. The summed E-state index contributed by atoms with van der Waals surface area (Å²) in [6.45, 7) is 7.56. The van der Waals surface area contributed by atoms with Gasteiger partial charge in [0.2, 0.25) is 0 Å². The number of benzene rings is 1. The van der Waals surface area contributed by atoms with E-state index in [9.17, 15) is 4.79 Å². The maximum atomic E-state index is 13.0. The van der Waals surface area contributed by atoms with Crippen LogP contribution in [0.15, 0.2) is 36.5 Å². The molecule has 0 spiro atoms. The first-order chi connectivity index (χ1) is 14.0. The maximum absolute atomic E-state index is 13.0. The second-order valence-corrected chi connectivity index (χ2v) is 7.89. The van der Waals surface area contributed by atoms with Gasteiger partial charge in [-0.25, -0.2) is 4.98 Å². The Hall–Kier alpha value is -2.47. The van der Waals surface area contributed by atoms with Crippen LogP contribution in [0.1, 0.15) is 30.6 Å². The lowest BCUT2D eigenvalue weighted by molar-refractivity contribution is 0.0746. The molecule has 156 valence electrons. The molecule has 1 saturated heterocycles. The van der Waals surface area contributed by atoms with E-state index in [0.29, 0.717) is 47.7 Å². The van der Waals surface area contributed by atoms with Gasteiger partial charge in [-0.15, -0.1) is 0 Å². The van der Waals surface area contributed by atoms with Crippen LogP contribution in [0.25, 0.3) is 0 Å². The molecule has 0 atom stereocenters. The summed E-state index contributed by atoms with van der Waals surface area (Å²) in [5, 5.41) is 0.392. The highest BCUT2D eigenvalue weighted by atomic mass is 35.5. The highest BCUT2D eigenvalue weighted by Crippen LogP contribution is 2.37. The first kappa shape index (κ1) is 21.2. The van der Waals surface area contributed by atoms with Gasteiger partial charge in [0.15, 0.2) is 11.5 Å². The minimum Gasteiger partial charge on any atom is -0.493 e. The van der Waals surface area contributed by atoms with Gasteiger partial charge < -0.3 is 19.3 Å². The van der Waals surface area contributed by atoms with Gasteiger partial charge in [-0.1, -0.05) is 31.5 Å². The first-order valence-corrected chi connectivity index (χ1v) is 10.3. The van der Waals surface area contributed by atoms with E-state index in [4.69, 9.17) is 21.1 Å². The molecule has 0 unspecified atom stereocenters. The summed E-state index contributed by atoms with van der Waals surface area (Å²) >= 11 is 6.42. The second-order valence-electron chi connectivity index (χ2n) is 7.49. The molecule has 7 heteroatoms. The van der Waals surface area contributed by atoms with E-state index in [-0.39, 0.29) is 5.91 Å². The van der Waals surface area contributed by atoms with Crippen molar-refractivity contribution in [2.45, 2.75) is 20.3 Å². The van der Waals surface area contributed by atoms with Crippen LogP contribution in [0.2, 0.25) is 5.02 Å². The van der Waals surface area contributed by atoms with E-state index in [0.717, 1.165) is 25.3 Å². The molecule has 0 radical (unpaired) electrons. The van der Waals surface area contributed by atoms with Crippen LogP contribution < -0.4 is 14.4 Å². The summed E-state index contributed by atoms with van der Waals surface area (Å²) < 4.78 is 11.3. The standard InChI is InChI=1S/C22H28ClN3O3/c1-16(2)7-13-29-21-18(23)14-17(15-19(21)28-3)22(27)26-11-9-25(10-12-26)20-6-4-5-8-24-20/h4-6,8,14-16H,7,9-13H2,1-3H3. The van der Waals surface area contributed by atoms with Gasteiger partial charge in [-0.05, 0) is 36.6 Å². The zero-order valence-corrected chi connectivity index (χ0v) is 18.0. The van der Waals surface area contributed by atoms with Crippen molar-refractivity contribution in [3.63, 3.8) is 0 Å². The van der Waals surface area contributed by atoms with Crippen molar-refractivity contribution >= 4 is 23.3 Å². The van der Waals surface area contributed by atoms with Gasteiger partial charge in [-0.2, -0.15) is 0 Å². The maximum Gasteiger partial charge on any atom is 0.254 e. The number of aromatic nitrogens is 1. The molecule has 1 aromatic heterocycles. The highest BCUT2D eigenvalue weighted by Gasteiger charge is 2.24. The number of hydrogen-bond acceptors (Lipinski definition) is 5. The fourth-order valence-electron chi connectivity index (χ4n) is 3.24. The molecule has 1 amide bonds. The third-order valence-electron chi connectivity index (χ3n) is 4.96. The van der Waals surface area contributed by atoms with Crippen LogP contribution >= 0.6 is 11.6 Å². The van der Waals surface area contributed by atoms with Crippen LogP contribution in [0, 0.1) is 5.92 Å². The molecule has 0 aliphatic carbocycles. The fourth-order valence-corrected chi connectivity index (χ4v) is 3.51. The monoisotopic (exact) mass is 417 g/mol. The van der Waals surface area contributed by atoms with Crippen LogP contribution in [0.4, 0.5) is 5.82 Å². The number of anilines is 1.